The van der Waals surface area contributed by atoms with E-state index in [2.05, 4.69) is 36.3 Å². The van der Waals surface area contributed by atoms with Crippen molar-refractivity contribution in [3.8, 4) is 5.69 Å². The van der Waals surface area contributed by atoms with Crippen LogP contribution in [0.25, 0.3) is 5.69 Å². The number of rotatable bonds is 5. The lowest BCUT2D eigenvalue weighted by molar-refractivity contribution is 0.570. The quantitative estimate of drug-likeness (QED) is 0.894. The van der Waals surface area contributed by atoms with E-state index in [1.54, 1.807) is 12.5 Å². The van der Waals surface area contributed by atoms with Gasteiger partial charge in [-0.25, -0.2) is 4.98 Å². The van der Waals surface area contributed by atoms with E-state index in [0.29, 0.717) is 6.04 Å². The Bertz CT molecular complexity index is 494. The van der Waals surface area contributed by atoms with Gasteiger partial charge in [0, 0.05) is 18.4 Å². The van der Waals surface area contributed by atoms with E-state index in [9.17, 15) is 0 Å². The van der Waals surface area contributed by atoms with Crippen LogP contribution in [0.4, 0.5) is 0 Å². The molecule has 1 heterocycles. The van der Waals surface area contributed by atoms with E-state index in [1.165, 1.54) is 5.56 Å². The van der Waals surface area contributed by atoms with Crippen molar-refractivity contribution in [3.63, 3.8) is 0 Å². The van der Waals surface area contributed by atoms with Crippen molar-refractivity contribution < 1.29 is 0 Å². The van der Waals surface area contributed by atoms with E-state index >= 15 is 0 Å². The van der Waals surface area contributed by atoms with Crippen LogP contribution in [0, 0.1) is 0 Å². The summed E-state index contributed by atoms with van der Waals surface area (Å²) in [5.74, 6) is 0. The van der Waals surface area contributed by atoms with Gasteiger partial charge >= 0.3 is 0 Å². The van der Waals surface area contributed by atoms with Gasteiger partial charge in [-0.3, -0.25) is 0 Å². The zero-order valence-electron chi connectivity index (χ0n) is 10.7. The Balaban J connectivity index is 2.26. The Labute approximate surface area is 113 Å². The van der Waals surface area contributed by atoms with Crippen molar-refractivity contribution in [2.75, 3.05) is 6.54 Å². The van der Waals surface area contributed by atoms with Crippen LogP contribution in [0.5, 0.6) is 0 Å². The highest BCUT2D eigenvalue weighted by atomic mass is 35.5. The number of aromatic nitrogens is 2. The summed E-state index contributed by atoms with van der Waals surface area (Å²) in [5, 5.41) is 4.21. The summed E-state index contributed by atoms with van der Waals surface area (Å²) in [6.07, 6.45) is 6.54. The zero-order chi connectivity index (χ0) is 13.0. The molecule has 0 aliphatic heterocycles. The Morgan fingerprint density at radius 2 is 2.28 bits per heavy atom. The third-order valence-electron chi connectivity index (χ3n) is 2.95. The molecule has 1 aromatic heterocycles. The van der Waals surface area contributed by atoms with E-state index in [4.69, 9.17) is 11.6 Å². The van der Waals surface area contributed by atoms with Crippen LogP contribution < -0.4 is 5.32 Å². The summed E-state index contributed by atoms with van der Waals surface area (Å²) in [4.78, 5) is 4.05. The number of benzene rings is 1. The summed E-state index contributed by atoms with van der Waals surface area (Å²) in [6, 6.07) is 6.44. The highest BCUT2D eigenvalue weighted by molar-refractivity contribution is 6.32. The fraction of sp³-hybridized carbons (Fsp3) is 0.357. The van der Waals surface area contributed by atoms with Crippen molar-refractivity contribution >= 4 is 11.6 Å². The predicted octanol–water partition coefficient (Wildman–Crippen LogP) is 3.59. The number of halogens is 1. The summed E-state index contributed by atoms with van der Waals surface area (Å²) < 4.78 is 1.93. The number of hydrogen-bond donors (Lipinski definition) is 1. The van der Waals surface area contributed by atoms with E-state index in [1.807, 2.05) is 16.8 Å². The Hall–Kier alpha value is -1.32. The molecular weight excluding hydrogens is 246 g/mol. The lowest BCUT2D eigenvalue weighted by Crippen LogP contribution is -2.19. The normalized spacial score (nSPS) is 12.6. The van der Waals surface area contributed by atoms with Crippen LogP contribution in [-0.4, -0.2) is 16.1 Å². The molecule has 1 atom stereocenters. The highest BCUT2D eigenvalue weighted by Crippen LogP contribution is 2.24. The highest BCUT2D eigenvalue weighted by Gasteiger charge is 2.08. The van der Waals surface area contributed by atoms with Crippen molar-refractivity contribution in [1.29, 1.82) is 0 Å². The first kappa shape index (κ1) is 13.1. The average Bonchev–Trinajstić information content (AvgIpc) is 2.90. The number of nitrogens with zero attached hydrogens (tertiary/aromatic N) is 2. The fourth-order valence-corrected chi connectivity index (χ4v) is 2.09. The minimum absolute atomic E-state index is 0.324. The second kappa shape index (κ2) is 6.03. The van der Waals surface area contributed by atoms with Gasteiger partial charge in [0.1, 0.15) is 0 Å². The Morgan fingerprint density at radius 3 is 2.94 bits per heavy atom. The molecule has 1 unspecified atom stereocenters. The van der Waals surface area contributed by atoms with Gasteiger partial charge in [-0.05, 0) is 37.6 Å². The van der Waals surface area contributed by atoms with E-state index < -0.39 is 0 Å². The van der Waals surface area contributed by atoms with Gasteiger partial charge in [0.15, 0.2) is 0 Å². The molecule has 0 saturated carbocycles. The van der Waals surface area contributed by atoms with Crippen LogP contribution >= 0.6 is 11.6 Å². The first-order chi connectivity index (χ1) is 8.72. The van der Waals surface area contributed by atoms with Crippen LogP contribution in [0.15, 0.2) is 36.9 Å². The summed E-state index contributed by atoms with van der Waals surface area (Å²) in [5.41, 5.74) is 2.20. The van der Waals surface area contributed by atoms with Gasteiger partial charge in [-0.1, -0.05) is 24.6 Å². The molecule has 0 saturated heterocycles. The van der Waals surface area contributed by atoms with Crippen molar-refractivity contribution in [2.24, 2.45) is 0 Å². The molecule has 0 fully saturated rings. The zero-order valence-corrected chi connectivity index (χ0v) is 11.5. The molecule has 1 N–H and O–H groups in total. The molecule has 2 rings (SSSR count). The Morgan fingerprint density at radius 1 is 1.44 bits per heavy atom. The molecule has 0 bridgehead atoms. The average molecular weight is 264 g/mol. The second-order valence-electron chi connectivity index (χ2n) is 4.36. The molecular formula is C14H18ClN3. The Kier molecular flexibility index (Phi) is 4.39. The van der Waals surface area contributed by atoms with Crippen LogP contribution in [0.3, 0.4) is 0 Å². The van der Waals surface area contributed by atoms with Gasteiger partial charge in [0.25, 0.3) is 0 Å². The fourth-order valence-electron chi connectivity index (χ4n) is 1.88. The third-order valence-corrected chi connectivity index (χ3v) is 3.27. The standard InChI is InChI=1S/C14H18ClN3/c1-3-6-17-11(2)12-4-5-13(15)14(9-12)18-8-7-16-10-18/h4-5,7-11,17H,3,6H2,1-2H3. The minimum Gasteiger partial charge on any atom is -0.310 e. The first-order valence-corrected chi connectivity index (χ1v) is 6.61. The maximum atomic E-state index is 6.23. The third kappa shape index (κ3) is 2.92. The molecule has 0 spiro atoms. The molecule has 0 amide bonds. The van der Waals surface area contributed by atoms with Gasteiger partial charge in [-0.15, -0.1) is 0 Å². The molecule has 2 aromatic rings. The SMILES string of the molecule is CCCNC(C)c1ccc(Cl)c(-n2ccnc2)c1. The largest absolute Gasteiger partial charge is 0.310 e. The lowest BCUT2D eigenvalue weighted by atomic mass is 10.1. The molecule has 3 nitrogen and oxygen atoms in total. The van der Waals surface area contributed by atoms with Gasteiger partial charge in [0.2, 0.25) is 0 Å². The molecule has 0 radical (unpaired) electrons. The smallest absolute Gasteiger partial charge is 0.0992 e. The molecule has 0 aliphatic carbocycles. The monoisotopic (exact) mass is 263 g/mol. The van der Waals surface area contributed by atoms with E-state index in [0.717, 1.165) is 23.7 Å². The molecule has 18 heavy (non-hydrogen) atoms. The molecule has 96 valence electrons. The van der Waals surface area contributed by atoms with Crippen molar-refractivity contribution in [2.45, 2.75) is 26.3 Å². The van der Waals surface area contributed by atoms with E-state index in [-0.39, 0.29) is 0 Å². The predicted molar refractivity (Wildman–Crippen MR) is 75.3 cm³/mol. The summed E-state index contributed by atoms with van der Waals surface area (Å²) >= 11 is 6.23. The molecule has 4 heteroatoms. The summed E-state index contributed by atoms with van der Waals surface area (Å²) in [7, 11) is 0. The second-order valence-corrected chi connectivity index (χ2v) is 4.76. The van der Waals surface area contributed by atoms with Gasteiger partial charge in [0.05, 0.1) is 17.0 Å². The maximum absolute atomic E-state index is 6.23. The minimum atomic E-state index is 0.324. The van der Waals surface area contributed by atoms with Crippen LogP contribution in [-0.2, 0) is 0 Å². The van der Waals surface area contributed by atoms with Crippen molar-refractivity contribution in [3.05, 3.63) is 47.5 Å². The first-order valence-electron chi connectivity index (χ1n) is 6.23. The van der Waals surface area contributed by atoms with Gasteiger partial charge in [-0.2, -0.15) is 0 Å². The molecule has 0 aliphatic rings. The number of hydrogen-bond acceptors (Lipinski definition) is 2. The number of nitrogens with one attached hydrogen (secondary N) is 1. The van der Waals surface area contributed by atoms with Crippen LogP contribution in [0.2, 0.25) is 5.02 Å². The topological polar surface area (TPSA) is 29.9 Å². The lowest BCUT2D eigenvalue weighted by Gasteiger charge is -2.15. The summed E-state index contributed by atoms with van der Waals surface area (Å²) in [6.45, 7) is 5.35. The number of imidazole rings is 1. The van der Waals surface area contributed by atoms with Crippen LogP contribution in [0.1, 0.15) is 31.9 Å². The molecule has 1 aromatic carbocycles. The maximum Gasteiger partial charge on any atom is 0.0992 e. The van der Waals surface area contributed by atoms with Crippen molar-refractivity contribution in [1.82, 2.24) is 14.9 Å². The van der Waals surface area contributed by atoms with Gasteiger partial charge < -0.3 is 9.88 Å².